The van der Waals surface area contributed by atoms with Crippen molar-refractivity contribution in [1.29, 1.82) is 0 Å². The number of rotatable bonds is 0. The van der Waals surface area contributed by atoms with Crippen molar-refractivity contribution in [3.05, 3.63) is 131 Å². The van der Waals surface area contributed by atoms with Crippen LogP contribution < -0.4 is 0 Å². The molecule has 1 spiro atoms. The minimum Gasteiger partial charge on any atom is -0.456 e. The van der Waals surface area contributed by atoms with Crippen molar-refractivity contribution in [3.63, 3.8) is 0 Å². The van der Waals surface area contributed by atoms with Crippen LogP contribution in [-0.2, 0) is 5.41 Å². The van der Waals surface area contributed by atoms with E-state index in [1.807, 2.05) is 6.07 Å². The van der Waals surface area contributed by atoms with Crippen molar-refractivity contribution in [2.75, 3.05) is 0 Å². The zero-order chi connectivity index (χ0) is 23.6. The average molecular weight is 451 g/mol. The van der Waals surface area contributed by atoms with Gasteiger partial charge in [0.15, 0.2) is 0 Å². The van der Waals surface area contributed by atoms with Crippen LogP contribution in [0.25, 0.3) is 44.2 Å². The Balaban J connectivity index is 0.000000669. The molecule has 0 amide bonds. The third-order valence-electron chi connectivity index (χ3n) is 7.49. The predicted molar refractivity (Wildman–Crippen MR) is 146 cm³/mol. The van der Waals surface area contributed by atoms with Crippen molar-refractivity contribution in [2.24, 2.45) is 0 Å². The molecule has 1 heteroatoms. The van der Waals surface area contributed by atoms with E-state index in [2.05, 4.69) is 117 Å². The number of para-hydroxylation sites is 1. The molecular weight excluding hydrogens is 424 g/mol. The van der Waals surface area contributed by atoms with Gasteiger partial charge < -0.3 is 4.42 Å². The van der Waals surface area contributed by atoms with E-state index in [-0.39, 0.29) is 5.41 Å². The van der Waals surface area contributed by atoms with Crippen LogP contribution in [0.2, 0.25) is 0 Å². The quantitative estimate of drug-likeness (QED) is 0.224. The Labute approximate surface area is 205 Å². The van der Waals surface area contributed by atoms with Gasteiger partial charge in [-0.25, -0.2) is 0 Å². The summed E-state index contributed by atoms with van der Waals surface area (Å²) >= 11 is 0. The van der Waals surface area contributed by atoms with Gasteiger partial charge in [-0.2, -0.15) is 0 Å². The van der Waals surface area contributed by atoms with Gasteiger partial charge in [0, 0.05) is 10.8 Å². The van der Waals surface area contributed by atoms with Crippen LogP contribution in [0.5, 0.6) is 0 Å². The van der Waals surface area contributed by atoms with E-state index in [4.69, 9.17) is 4.42 Å². The van der Waals surface area contributed by atoms with E-state index in [0.29, 0.717) is 0 Å². The highest BCUT2D eigenvalue weighted by Crippen LogP contribution is 2.63. The van der Waals surface area contributed by atoms with E-state index in [9.17, 15) is 0 Å². The van der Waals surface area contributed by atoms with Crippen LogP contribution in [0.4, 0.5) is 0 Å². The Morgan fingerprint density at radius 1 is 0.486 bits per heavy atom. The van der Waals surface area contributed by atoms with Crippen molar-refractivity contribution < 1.29 is 4.42 Å². The smallest absolute Gasteiger partial charge is 0.135 e. The molecule has 5 aromatic carbocycles. The Bertz CT molecular complexity index is 1700. The van der Waals surface area contributed by atoms with Crippen molar-refractivity contribution in [2.45, 2.75) is 25.7 Å². The predicted octanol–water partition coefficient (Wildman–Crippen LogP) is 9.35. The van der Waals surface area contributed by atoms with Gasteiger partial charge in [0.1, 0.15) is 11.2 Å². The van der Waals surface area contributed by atoms with Gasteiger partial charge in [-0.1, -0.05) is 111 Å². The lowest BCUT2D eigenvalue weighted by Crippen LogP contribution is -2.25. The van der Waals surface area contributed by atoms with Crippen LogP contribution in [0, 0.1) is 0 Å². The molecule has 2 aliphatic rings. The topological polar surface area (TPSA) is 13.1 Å². The molecule has 0 aliphatic heterocycles. The molecule has 0 saturated heterocycles. The molecule has 35 heavy (non-hydrogen) atoms. The van der Waals surface area contributed by atoms with E-state index in [0.717, 1.165) is 11.2 Å². The maximum absolute atomic E-state index is 6.36. The zero-order valence-electron chi connectivity index (χ0n) is 20.0. The Morgan fingerprint density at radius 2 is 0.971 bits per heavy atom. The molecule has 1 heterocycles. The lowest BCUT2D eigenvalue weighted by Gasteiger charge is -2.30. The maximum atomic E-state index is 6.36. The number of benzene rings is 5. The second-order valence-electron chi connectivity index (χ2n) is 9.59. The maximum Gasteiger partial charge on any atom is 0.135 e. The summed E-state index contributed by atoms with van der Waals surface area (Å²) in [5, 5.41) is 2.36. The molecule has 0 N–H and O–H groups in total. The summed E-state index contributed by atoms with van der Waals surface area (Å²) in [6.45, 7) is 4.25. The number of fused-ring (bicyclic) bond motifs is 13. The molecule has 2 aliphatic carbocycles. The molecule has 0 bridgehead atoms. The first-order chi connectivity index (χ1) is 17.3. The Kier molecular flexibility index (Phi) is 4.32. The van der Waals surface area contributed by atoms with Crippen LogP contribution in [0.15, 0.2) is 114 Å². The first kappa shape index (κ1) is 20.3. The molecule has 6 aromatic rings. The van der Waals surface area contributed by atoms with Crippen LogP contribution in [0.3, 0.4) is 0 Å². The van der Waals surface area contributed by atoms with E-state index < -0.39 is 0 Å². The molecule has 1 nitrogen and oxygen atoms in total. The molecule has 0 radical (unpaired) electrons. The van der Waals surface area contributed by atoms with Gasteiger partial charge in [-0.15, -0.1) is 0 Å². The highest BCUT2D eigenvalue weighted by molar-refractivity contribution is 6.09. The van der Waals surface area contributed by atoms with Gasteiger partial charge in [-0.05, 0) is 62.7 Å². The number of hydrogen-bond donors (Lipinski definition) is 0. The van der Waals surface area contributed by atoms with Gasteiger partial charge in [-0.3, -0.25) is 0 Å². The van der Waals surface area contributed by atoms with Gasteiger partial charge >= 0.3 is 0 Å². The van der Waals surface area contributed by atoms with Crippen LogP contribution >= 0.6 is 0 Å². The minimum absolute atomic E-state index is 0.313. The summed E-state index contributed by atoms with van der Waals surface area (Å²) in [5.41, 5.74) is 12.3. The monoisotopic (exact) mass is 450 g/mol. The van der Waals surface area contributed by atoms with Crippen molar-refractivity contribution >= 4 is 21.9 Å². The standard InChI is InChI=1S/C31H18O.C3H8/c1-5-13-25-19(9-1)20-10-2-6-14-26(20)31(25)27-15-7-3-11-21(27)23-17-24-22-12-4-8-16-29(22)32-30(24)18-28(23)31;1-3-2/h1-18H;3H2,1-2H3. The van der Waals surface area contributed by atoms with E-state index >= 15 is 0 Å². The van der Waals surface area contributed by atoms with Gasteiger partial charge in [0.25, 0.3) is 0 Å². The fourth-order valence-corrected chi connectivity index (χ4v) is 6.31. The lowest BCUT2D eigenvalue weighted by molar-refractivity contribution is 0.666. The molecule has 0 saturated carbocycles. The lowest BCUT2D eigenvalue weighted by atomic mass is 9.70. The minimum atomic E-state index is -0.313. The molecular formula is C34H26O. The summed E-state index contributed by atoms with van der Waals surface area (Å²) in [5.74, 6) is 0. The highest BCUT2D eigenvalue weighted by atomic mass is 16.3. The van der Waals surface area contributed by atoms with Crippen molar-refractivity contribution in [1.82, 2.24) is 0 Å². The summed E-state index contributed by atoms with van der Waals surface area (Å²) < 4.78 is 6.36. The summed E-state index contributed by atoms with van der Waals surface area (Å²) in [6.07, 6.45) is 1.25. The molecule has 0 unspecified atom stereocenters. The SMILES string of the molecule is CCC.c1ccc2c(c1)-c1ccccc1C21c2ccccc2-c2cc3c(cc21)oc1ccccc13. The summed E-state index contributed by atoms with van der Waals surface area (Å²) in [7, 11) is 0. The average Bonchev–Trinajstić information content (AvgIpc) is 3.52. The van der Waals surface area contributed by atoms with Crippen LogP contribution in [0.1, 0.15) is 42.5 Å². The normalized spacial score (nSPS) is 13.8. The van der Waals surface area contributed by atoms with Crippen LogP contribution in [-0.4, -0.2) is 0 Å². The zero-order valence-corrected chi connectivity index (χ0v) is 20.0. The summed E-state index contributed by atoms with van der Waals surface area (Å²) in [6, 6.07) is 39.7. The first-order valence-electron chi connectivity index (χ1n) is 12.5. The highest BCUT2D eigenvalue weighted by Gasteiger charge is 2.51. The van der Waals surface area contributed by atoms with E-state index in [1.165, 1.54) is 61.7 Å². The fraction of sp³-hybridized carbons (Fsp3) is 0.118. The van der Waals surface area contributed by atoms with E-state index in [1.54, 1.807) is 0 Å². The largest absolute Gasteiger partial charge is 0.456 e. The molecule has 1 aromatic heterocycles. The Morgan fingerprint density at radius 3 is 1.57 bits per heavy atom. The number of furan rings is 1. The molecule has 0 fully saturated rings. The Hall–Kier alpha value is -4.10. The second kappa shape index (κ2) is 7.45. The third-order valence-corrected chi connectivity index (χ3v) is 7.49. The molecule has 168 valence electrons. The second-order valence-corrected chi connectivity index (χ2v) is 9.59. The van der Waals surface area contributed by atoms with Crippen molar-refractivity contribution in [3.8, 4) is 22.3 Å². The third kappa shape index (κ3) is 2.53. The van der Waals surface area contributed by atoms with Gasteiger partial charge in [0.05, 0.1) is 5.41 Å². The van der Waals surface area contributed by atoms with Gasteiger partial charge in [0.2, 0.25) is 0 Å². The first-order valence-corrected chi connectivity index (χ1v) is 12.5. The molecule has 0 atom stereocenters. The number of hydrogen-bond acceptors (Lipinski definition) is 1. The fourth-order valence-electron chi connectivity index (χ4n) is 6.31. The summed E-state index contributed by atoms with van der Waals surface area (Å²) in [4.78, 5) is 0. The molecule has 8 rings (SSSR count).